The van der Waals surface area contributed by atoms with Crippen LogP contribution in [0.25, 0.3) is 0 Å². The van der Waals surface area contributed by atoms with Gasteiger partial charge < -0.3 is 34.8 Å². The van der Waals surface area contributed by atoms with Crippen LogP contribution in [0, 0.1) is 0 Å². The van der Waals surface area contributed by atoms with Gasteiger partial charge in [-0.1, -0.05) is 24.8 Å². The second-order valence-corrected chi connectivity index (χ2v) is 10.6. The van der Waals surface area contributed by atoms with Crippen LogP contribution in [0.1, 0.15) is 23.2 Å². The zero-order valence-electron chi connectivity index (χ0n) is 24.2. The van der Waals surface area contributed by atoms with Gasteiger partial charge in [-0.25, -0.2) is 4.98 Å². The number of amides is 2. The van der Waals surface area contributed by atoms with Crippen LogP contribution in [0.2, 0.25) is 0 Å². The summed E-state index contributed by atoms with van der Waals surface area (Å²) in [5.41, 5.74) is 2.76. The van der Waals surface area contributed by atoms with Crippen molar-refractivity contribution in [3.8, 4) is 11.6 Å². The molecule has 2 saturated heterocycles. The summed E-state index contributed by atoms with van der Waals surface area (Å²) >= 11 is 0. The molecule has 3 aromatic rings. The van der Waals surface area contributed by atoms with E-state index in [1.165, 1.54) is 6.08 Å². The zero-order chi connectivity index (χ0) is 29.6. The van der Waals surface area contributed by atoms with Crippen LogP contribution in [0.4, 0.5) is 23.0 Å². The number of hydrogen-bond donors (Lipinski definition) is 2. The largest absolute Gasteiger partial charge is 0.494 e. The first-order valence-electron chi connectivity index (χ1n) is 14.0. The maximum atomic E-state index is 12.6. The quantitative estimate of drug-likeness (QED) is 0.351. The molecular weight excluding hydrogens is 534 g/mol. The van der Waals surface area contributed by atoms with Crippen molar-refractivity contribution in [3.05, 3.63) is 72.9 Å². The molecule has 2 fully saturated rings. The molecule has 0 atom stereocenters. The average Bonchev–Trinajstić information content (AvgIpc) is 2.99. The normalized spacial score (nSPS) is 15.6. The van der Waals surface area contributed by atoms with E-state index >= 15 is 0 Å². The highest BCUT2D eigenvalue weighted by Gasteiger charge is 2.33. The van der Waals surface area contributed by atoms with Crippen molar-refractivity contribution < 1.29 is 19.1 Å². The second kappa shape index (κ2) is 12.9. The van der Waals surface area contributed by atoms with Crippen LogP contribution in [0.5, 0.6) is 11.6 Å². The van der Waals surface area contributed by atoms with E-state index in [4.69, 9.17) is 9.47 Å². The zero-order valence-corrected chi connectivity index (χ0v) is 24.2. The fraction of sp³-hybridized carbons (Fsp3) is 0.355. The Balaban J connectivity index is 1.29. The highest BCUT2D eigenvalue weighted by molar-refractivity contribution is 6.02. The highest BCUT2D eigenvalue weighted by atomic mass is 16.5. The number of ether oxygens (including phenoxy) is 2. The third-order valence-electron chi connectivity index (χ3n) is 7.62. The first kappa shape index (κ1) is 28.9. The smallest absolute Gasteiger partial charge is 0.254 e. The molecule has 11 heteroatoms. The van der Waals surface area contributed by atoms with Gasteiger partial charge in [0.2, 0.25) is 17.7 Å². The fourth-order valence-corrected chi connectivity index (χ4v) is 5.21. The van der Waals surface area contributed by atoms with Gasteiger partial charge in [0.15, 0.2) is 0 Å². The summed E-state index contributed by atoms with van der Waals surface area (Å²) in [6.07, 6.45) is 4.73. The van der Waals surface area contributed by atoms with Crippen LogP contribution in [0.3, 0.4) is 0 Å². The van der Waals surface area contributed by atoms with Gasteiger partial charge in [-0.15, -0.1) is 0 Å². The summed E-state index contributed by atoms with van der Waals surface area (Å²) in [6.45, 7) is 6.27. The van der Waals surface area contributed by atoms with Gasteiger partial charge in [0.1, 0.15) is 11.9 Å². The van der Waals surface area contributed by atoms with Crippen LogP contribution in [0.15, 0.2) is 67.4 Å². The molecule has 0 spiro atoms. The average molecular weight is 572 g/mol. The molecule has 0 unspecified atom stereocenters. The van der Waals surface area contributed by atoms with Crippen LogP contribution >= 0.6 is 0 Å². The molecule has 42 heavy (non-hydrogen) atoms. The van der Waals surface area contributed by atoms with E-state index in [2.05, 4.69) is 51.1 Å². The lowest BCUT2D eigenvalue weighted by atomic mass is 10.0. The number of benzene rings is 2. The predicted molar refractivity (Wildman–Crippen MR) is 163 cm³/mol. The van der Waals surface area contributed by atoms with E-state index in [0.717, 1.165) is 31.6 Å². The maximum absolute atomic E-state index is 12.6. The molecule has 2 N–H and O–H groups in total. The molecule has 0 saturated carbocycles. The number of likely N-dealkylation sites (tertiary alicyclic amines) is 1. The van der Waals surface area contributed by atoms with Gasteiger partial charge in [-0.05, 0) is 51.2 Å². The Hall–Kier alpha value is -4.64. The maximum Gasteiger partial charge on any atom is 0.254 e. The number of methoxy groups -OCH3 is 1. The van der Waals surface area contributed by atoms with Crippen molar-refractivity contribution in [2.45, 2.75) is 25.0 Å². The van der Waals surface area contributed by atoms with Gasteiger partial charge >= 0.3 is 0 Å². The molecule has 2 aliphatic rings. The summed E-state index contributed by atoms with van der Waals surface area (Å²) in [4.78, 5) is 40.1. The summed E-state index contributed by atoms with van der Waals surface area (Å²) in [5.74, 6) is 0.965. The van der Waals surface area contributed by atoms with E-state index in [1.807, 2.05) is 30.3 Å². The lowest BCUT2D eigenvalue weighted by Gasteiger charge is -2.38. The first-order valence-corrected chi connectivity index (χ1v) is 14.0. The second-order valence-electron chi connectivity index (χ2n) is 10.6. The van der Waals surface area contributed by atoms with Crippen molar-refractivity contribution in [2.24, 2.45) is 0 Å². The number of nitrogens with zero attached hydrogens (tertiary/aromatic N) is 5. The number of piperidine rings is 1. The molecule has 3 heterocycles. The molecule has 1 aromatic heterocycles. The third kappa shape index (κ3) is 6.63. The lowest BCUT2D eigenvalue weighted by molar-refractivity contribution is -0.111. The number of carbonyl (C=O) groups is 2. The van der Waals surface area contributed by atoms with Gasteiger partial charge in [-0.3, -0.25) is 9.59 Å². The summed E-state index contributed by atoms with van der Waals surface area (Å²) < 4.78 is 11.8. The van der Waals surface area contributed by atoms with Crippen LogP contribution in [-0.2, 0) is 4.79 Å². The van der Waals surface area contributed by atoms with E-state index in [9.17, 15) is 9.59 Å². The Kier molecular flexibility index (Phi) is 8.87. The van der Waals surface area contributed by atoms with Gasteiger partial charge in [0.05, 0.1) is 37.3 Å². The lowest BCUT2D eigenvalue weighted by Crippen LogP contribution is -2.56. The monoisotopic (exact) mass is 571 g/mol. The number of anilines is 4. The highest BCUT2D eigenvalue weighted by Crippen LogP contribution is 2.39. The molecule has 0 aliphatic carbocycles. The molecule has 5 rings (SSSR count). The van der Waals surface area contributed by atoms with Crippen molar-refractivity contribution in [3.63, 3.8) is 0 Å². The predicted octanol–water partition coefficient (Wildman–Crippen LogP) is 3.79. The molecule has 2 aliphatic heterocycles. The van der Waals surface area contributed by atoms with Crippen molar-refractivity contribution in [1.82, 2.24) is 19.8 Å². The Morgan fingerprint density at radius 2 is 1.81 bits per heavy atom. The molecule has 0 bridgehead atoms. The standard InChI is InChI=1S/C31H37N7O4/c1-5-28(39)33-24-17-25(27(41-4)18-26(24)37-15-12-22(13-16-37)36(2)3)34-31-32-14-11-29(35-31)42-23-19-38(20-23)30(40)21-9-7-6-8-10-21/h5-11,14,17-18,22-23H,1,12-13,15-16,19-20H2,2-4H3,(H,33,39)(H,32,34,35). The number of carbonyl (C=O) groups excluding carboxylic acids is 2. The number of nitrogens with one attached hydrogen (secondary N) is 2. The Morgan fingerprint density at radius 1 is 1.07 bits per heavy atom. The van der Waals surface area contributed by atoms with Gasteiger partial charge in [0.25, 0.3) is 5.91 Å². The summed E-state index contributed by atoms with van der Waals surface area (Å²) in [5, 5.41) is 6.16. The number of rotatable bonds is 10. The van der Waals surface area contributed by atoms with Crippen LogP contribution < -0.4 is 25.0 Å². The van der Waals surface area contributed by atoms with Crippen LogP contribution in [-0.4, -0.2) is 91.1 Å². The minimum Gasteiger partial charge on any atom is -0.494 e. The minimum atomic E-state index is -0.303. The van der Waals surface area contributed by atoms with Crippen molar-refractivity contribution >= 4 is 34.8 Å². The molecule has 220 valence electrons. The third-order valence-corrected chi connectivity index (χ3v) is 7.62. The Labute approximate surface area is 246 Å². The Morgan fingerprint density at radius 3 is 2.48 bits per heavy atom. The van der Waals surface area contributed by atoms with Crippen molar-refractivity contribution in [1.29, 1.82) is 0 Å². The summed E-state index contributed by atoms with van der Waals surface area (Å²) in [6, 6.07) is 15.1. The molecule has 2 amide bonds. The Bertz CT molecular complexity index is 1420. The topological polar surface area (TPSA) is 112 Å². The SMILES string of the molecule is C=CC(=O)Nc1cc(Nc2nccc(OC3CN(C(=O)c4ccccc4)C3)n2)c(OC)cc1N1CCC(N(C)C)CC1. The fourth-order valence-electron chi connectivity index (χ4n) is 5.21. The molecule has 2 aromatic carbocycles. The number of aromatic nitrogens is 2. The van der Waals surface area contributed by atoms with E-state index < -0.39 is 0 Å². The van der Waals surface area contributed by atoms with Gasteiger partial charge in [-0.2, -0.15) is 4.98 Å². The summed E-state index contributed by atoms with van der Waals surface area (Å²) in [7, 11) is 5.81. The number of hydrogen-bond acceptors (Lipinski definition) is 9. The van der Waals surface area contributed by atoms with Gasteiger partial charge in [0, 0.05) is 43.0 Å². The molecule has 11 nitrogen and oxygen atoms in total. The molecule has 0 radical (unpaired) electrons. The van der Waals surface area contributed by atoms with E-state index in [-0.39, 0.29) is 17.9 Å². The first-order chi connectivity index (χ1) is 20.3. The van der Waals surface area contributed by atoms with Crippen molar-refractivity contribution in [2.75, 3.05) is 62.9 Å². The van der Waals surface area contributed by atoms with E-state index in [1.54, 1.807) is 36.4 Å². The minimum absolute atomic E-state index is 0.0162. The molecular formula is C31H37N7O4. The van der Waals surface area contributed by atoms with E-state index in [0.29, 0.717) is 53.6 Å².